The molecule has 1 fully saturated rings. The molecular weight excluding hydrogens is 182 g/mol. The van der Waals surface area contributed by atoms with E-state index in [2.05, 4.69) is 20.8 Å². The fraction of sp³-hybridized carbons (Fsp3) is 0.625. The summed E-state index contributed by atoms with van der Waals surface area (Å²) in [6, 6.07) is 0.255. The minimum absolute atomic E-state index is 0.129. The second-order valence-electron chi connectivity index (χ2n) is 3.46. The standard InChI is InChI=1S/C8H13N5O/c1-13-5-10-12-7(13)4-9-8(14)11-6-2-3-6/h5-6H,2-4H2,1H3,(H2,9,11,14). The number of nitrogens with one attached hydrogen (secondary N) is 2. The maximum atomic E-state index is 11.2. The van der Waals surface area contributed by atoms with Gasteiger partial charge in [0.2, 0.25) is 0 Å². The summed E-state index contributed by atoms with van der Waals surface area (Å²) < 4.78 is 1.78. The van der Waals surface area contributed by atoms with Crippen molar-refractivity contribution in [2.24, 2.45) is 7.05 Å². The van der Waals surface area contributed by atoms with Crippen LogP contribution >= 0.6 is 0 Å². The SMILES string of the molecule is Cn1cnnc1CNC(=O)NC1CC1. The van der Waals surface area contributed by atoms with Crippen LogP contribution in [0.3, 0.4) is 0 Å². The molecule has 1 aliphatic rings. The van der Waals surface area contributed by atoms with E-state index in [-0.39, 0.29) is 6.03 Å². The van der Waals surface area contributed by atoms with E-state index in [1.807, 2.05) is 7.05 Å². The van der Waals surface area contributed by atoms with Gasteiger partial charge in [0, 0.05) is 13.1 Å². The lowest BCUT2D eigenvalue weighted by Crippen LogP contribution is -2.36. The first kappa shape index (κ1) is 8.98. The van der Waals surface area contributed by atoms with Crippen molar-refractivity contribution in [2.45, 2.75) is 25.4 Å². The van der Waals surface area contributed by atoms with Crippen molar-refractivity contribution in [3.8, 4) is 0 Å². The Morgan fingerprint density at radius 3 is 3.07 bits per heavy atom. The lowest BCUT2D eigenvalue weighted by Gasteiger charge is -2.05. The molecule has 2 N–H and O–H groups in total. The molecular formula is C8H13N5O. The number of rotatable bonds is 3. The van der Waals surface area contributed by atoms with Gasteiger partial charge in [0.15, 0.2) is 5.82 Å². The molecule has 2 amide bonds. The summed E-state index contributed by atoms with van der Waals surface area (Å²) in [5.74, 6) is 0.746. The van der Waals surface area contributed by atoms with Crippen molar-refractivity contribution < 1.29 is 4.79 Å². The van der Waals surface area contributed by atoms with E-state index in [1.54, 1.807) is 10.9 Å². The number of nitrogens with zero attached hydrogens (tertiary/aromatic N) is 3. The third-order valence-electron chi connectivity index (χ3n) is 2.12. The zero-order valence-corrected chi connectivity index (χ0v) is 8.03. The van der Waals surface area contributed by atoms with E-state index in [4.69, 9.17) is 0 Å². The predicted octanol–water partition coefficient (Wildman–Crippen LogP) is -0.223. The Balaban J connectivity index is 1.76. The molecule has 0 radical (unpaired) electrons. The van der Waals surface area contributed by atoms with Crippen molar-refractivity contribution in [1.82, 2.24) is 25.4 Å². The molecule has 0 unspecified atom stereocenters. The largest absolute Gasteiger partial charge is 0.335 e. The van der Waals surface area contributed by atoms with Gasteiger partial charge in [-0.2, -0.15) is 0 Å². The Morgan fingerprint density at radius 2 is 2.50 bits per heavy atom. The molecule has 6 nitrogen and oxygen atoms in total. The van der Waals surface area contributed by atoms with Crippen molar-refractivity contribution in [3.05, 3.63) is 12.2 Å². The Morgan fingerprint density at radius 1 is 1.71 bits per heavy atom. The second kappa shape index (κ2) is 3.65. The average Bonchev–Trinajstić information content (AvgIpc) is 2.86. The van der Waals surface area contributed by atoms with Crippen LogP contribution in [0, 0.1) is 0 Å². The van der Waals surface area contributed by atoms with Crippen LogP contribution in [0.2, 0.25) is 0 Å². The van der Waals surface area contributed by atoms with E-state index >= 15 is 0 Å². The highest BCUT2D eigenvalue weighted by atomic mass is 16.2. The van der Waals surface area contributed by atoms with Crippen LogP contribution in [-0.4, -0.2) is 26.8 Å². The van der Waals surface area contributed by atoms with Crippen molar-refractivity contribution in [2.75, 3.05) is 0 Å². The van der Waals surface area contributed by atoms with Crippen molar-refractivity contribution >= 4 is 6.03 Å². The third-order valence-corrected chi connectivity index (χ3v) is 2.12. The molecule has 14 heavy (non-hydrogen) atoms. The van der Waals surface area contributed by atoms with Crippen LogP contribution in [0.5, 0.6) is 0 Å². The summed E-state index contributed by atoms with van der Waals surface area (Å²) in [5, 5.41) is 13.1. The molecule has 0 spiro atoms. The highest BCUT2D eigenvalue weighted by Crippen LogP contribution is 2.18. The highest BCUT2D eigenvalue weighted by Gasteiger charge is 2.22. The lowest BCUT2D eigenvalue weighted by molar-refractivity contribution is 0.239. The van der Waals surface area contributed by atoms with Crippen LogP contribution in [-0.2, 0) is 13.6 Å². The molecule has 1 saturated carbocycles. The van der Waals surface area contributed by atoms with E-state index in [1.165, 1.54) is 0 Å². The molecule has 1 aromatic heterocycles. The molecule has 6 heteroatoms. The minimum Gasteiger partial charge on any atom is -0.335 e. The number of hydrogen-bond donors (Lipinski definition) is 2. The monoisotopic (exact) mass is 195 g/mol. The minimum atomic E-state index is -0.129. The summed E-state index contributed by atoms with van der Waals surface area (Å²) in [6.45, 7) is 0.412. The lowest BCUT2D eigenvalue weighted by atomic mass is 10.6. The van der Waals surface area contributed by atoms with Gasteiger partial charge in [-0.05, 0) is 12.8 Å². The zero-order valence-electron chi connectivity index (χ0n) is 8.03. The van der Waals surface area contributed by atoms with Gasteiger partial charge in [0.25, 0.3) is 0 Å². The number of aromatic nitrogens is 3. The fourth-order valence-electron chi connectivity index (χ4n) is 1.09. The molecule has 0 aliphatic heterocycles. The molecule has 1 heterocycles. The van der Waals surface area contributed by atoms with Crippen LogP contribution in [0.25, 0.3) is 0 Å². The highest BCUT2D eigenvalue weighted by molar-refractivity contribution is 5.74. The van der Waals surface area contributed by atoms with Crippen LogP contribution in [0.1, 0.15) is 18.7 Å². The zero-order chi connectivity index (χ0) is 9.97. The molecule has 1 aromatic rings. The van der Waals surface area contributed by atoms with Gasteiger partial charge in [-0.25, -0.2) is 4.79 Å². The van der Waals surface area contributed by atoms with Crippen molar-refractivity contribution in [3.63, 3.8) is 0 Å². The normalized spacial score (nSPS) is 15.2. The number of amides is 2. The van der Waals surface area contributed by atoms with E-state index in [0.29, 0.717) is 12.6 Å². The van der Waals surface area contributed by atoms with Gasteiger partial charge in [0.1, 0.15) is 6.33 Å². The predicted molar refractivity (Wildman–Crippen MR) is 49.4 cm³/mol. The van der Waals surface area contributed by atoms with Gasteiger partial charge < -0.3 is 15.2 Å². The Hall–Kier alpha value is -1.59. The first-order valence-electron chi connectivity index (χ1n) is 4.63. The topological polar surface area (TPSA) is 71.8 Å². The quantitative estimate of drug-likeness (QED) is 0.700. The summed E-state index contributed by atoms with van der Waals surface area (Å²) >= 11 is 0. The molecule has 2 rings (SSSR count). The summed E-state index contributed by atoms with van der Waals surface area (Å²) in [4.78, 5) is 11.2. The smallest absolute Gasteiger partial charge is 0.315 e. The Labute approximate surface area is 81.7 Å². The third kappa shape index (κ3) is 2.21. The summed E-state index contributed by atoms with van der Waals surface area (Å²) in [5.41, 5.74) is 0. The fourth-order valence-corrected chi connectivity index (χ4v) is 1.09. The number of carbonyl (C=O) groups is 1. The molecule has 0 atom stereocenters. The van der Waals surface area contributed by atoms with E-state index < -0.39 is 0 Å². The number of carbonyl (C=O) groups excluding carboxylic acids is 1. The van der Waals surface area contributed by atoms with Gasteiger partial charge in [0.05, 0.1) is 6.54 Å². The maximum Gasteiger partial charge on any atom is 0.315 e. The van der Waals surface area contributed by atoms with E-state index in [9.17, 15) is 4.79 Å². The number of urea groups is 1. The Bertz CT molecular complexity index is 330. The molecule has 1 aliphatic carbocycles. The van der Waals surface area contributed by atoms with Crippen molar-refractivity contribution in [1.29, 1.82) is 0 Å². The van der Waals surface area contributed by atoms with Gasteiger partial charge in [-0.15, -0.1) is 10.2 Å². The molecule has 0 saturated heterocycles. The number of aryl methyl sites for hydroxylation is 1. The van der Waals surface area contributed by atoms with Crippen LogP contribution in [0.4, 0.5) is 4.79 Å². The van der Waals surface area contributed by atoms with Crippen LogP contribution in [0.15, 0.2) is 6.33 Å². The van der Waals surface area contributed by atoms with Crippen LogP contribution < -0.4 is 10.6 Å². The van der Waals surface area contributed by atoms with Gasteiger partial charge in [-0.3, -0.25) is 0 Å². The average molecular weight is 195 g/mol. The molecule has 76 valence electrons. The number of hydrogen-bond acceptors (Lipinski definition) is 3. The molecule has 0 bridgehead atoms. The molecule has 0 aromatic carbocycles. The Kier molecular flexibility index (Phi) is 2.34. The van der Waals surface area contributed by atoms with Gasteiger partial charge >= 0.3 is 6.03 Å². The maximum absolute atomic E-state index is 11.2. The second-order valence-corrected chi connectivity index (χ2v) is 3.46. The summed E-state index contributed by atoms with van der Waals surface area (Å²) in [7, 11) is 1.84. The van der Waals surface area contributed by atoms with E-state index in [0.717, 1.165) is 18.7 Å². The first-order valence-corrected chi connectivity index (χ1v) is 4.63. The first-order chi connectivity index (χ1) is 6.75. The summed E-state index contributed by atoms with van der Waals surface area (Å²) in [6.07, 6.45) is 3.80. The van der Waals surface area contributed by atoms with Gasteiger partial charge in [-0.1, -0.05) is 0 Å².